The maximum absolute atomic E-state index is 12.3. The highest BCUT2D eigenvalue weighted by Crippen LogP contribution is 2.23. The van der Waals surface area contributed by atoms with Crippen LogP contribution in [0.1, 0.15) is 24.3 Å². The summed E-state index contributed by atoms with van der Waals surface area (Å²) in [5.41, 5.74) is -1.16. The van der Waals surface area contributed by atoms with Crippen molar-refractivity contribution < 1.29 is 9.59 Å². The van der Waals surface area contributed by atoms with Crippen molar-refractivity contribution in [2.75, 3.05) is 20.1 Å². The van der Waals surface area contributed by atoms with Crippen molar-refractivity contribution in [2.24, 2.45) is 0 Å². The first-order valence-corrected chi connectivity index (χ1v) is 5.97. The lowest BCUT2D eigenvalue weighted by molar-refractivity contribution is -0.144. The minimum Gasteiger partial charge on any atom is -0.342 e. The molecule has 1 aliphatic rings. The monoisotopic (exact) mass is 264 g/mol. The van der Waals surface area contributed by atoms with Crippen molar-refractivity contribution in [1.82, 2.24) is 20.0 Å². The Balaban J connectivity index is 2.31. The van der Waals surface area contributed by atoms with Gasteiger partial charge in [-0.3, -0.25) is 14.4 Å². The number of piperazine rings is 1. The van der Waals surface area contributed by atoms with Gasteiger partial charge < -0.3 is 9.80 Å². The van der Waals surface area contributed by atoms with Gasteiger partial charge in [0.25, 0.3) is 11.5 Å². The molecule has 0 atom stereocenters. The van der Waals surface area contributed by atoms with Crippen molar-refractivity contribution in [3.05, 3.63) is 28.2 Å². The molecule has 7 heteroatoms. The summed E-state index contributed by atoms with van der Waals surface area (Å²) in [5, 5.41) is 5.93. The maximum Gasteiger partial charge on any atom is 0.275 e. The van der Waals surface area contributed by atoms with Crippen LogP contribution in [0.2, 0.25) is 0 Å². The number of carbonyl (C=O) groups excluding carboxylic acids is 2. The second-order valence-corrected chi connectivity index (χ2v) is 5.05. The first-order valence-electron chi connectivity index (χ1n) is 5.97. The van der Waals surface area contributed by atoms with E-state index >= 15 is 0 Å². The molecule has 1 aromatic rings. The molecule has 1 aromatic heterocycles. The fourth-order valence-corrected chi connectivity index (χ4v) is 2.17. The van der Waals surface area contributed by atoms with Gasteiger partial charge in [0.15, 0.2) is 0 Å². The largest absolute Gasteiger partial charge is 0.342 e. The molecule has 1 aliphatic heterocycles. The molecule has 1 fully saturated rings. The second kappa shape index (κ2) is 4.49. The van der Waals surface area contributed by atoms with Crippen LogP contribution in [-0.4, -0.2) is 57.5 Å². The van der Waals surface area contributed by atoms with Crippen molar-refractivity contribution in [3.8, 4) is 0 Å². The summed E-state index contributed by atoms with van der Waals surface area (Å²) >= 11 is 0. The number of H-pyrrole nitrogens is 1. The number of aromatic amines is 1. The number of nitrogens with zero attached hydrogens (tertiary/aromatic N) is 3. The summed E-state index contributed by atoms with van der Waals surface area (Å²) in [7, 11) is 1.71. The topological polar surface area (TPSA) is 86.4 Å². The van der Waals surface area contributed by atoms with E-state index in [0.29, 0.717) is 13.1 Å². The first kappa shape index (κ1) is 13.3. The summed E-state index contributed by atoms with van der Waals surface area (Å²) in [6.07, 6.45) is 0. The Morgan fingerprint density at radius 3 is 2.58 bits per heavy atom. The van der Waals surface area contributed by atoms with E-state index in [9.17, 15) is 14.4 Å². The zero-order valence-corrected chi connectivity index (χ0v) is 11.1. The molecule has 0 unspecified atom stereocenters. The SMILES string of the molecule is CN1CCN(C(=O)c2ccc(=O)[nH]n2)C(C)(C)C1=O. The molecule has 7 nitrogen and oxygen atoms in total. The van der Waals surface area contributed by atoms with E-state index in [4.69, 9.17) is 0 Å². The van der Waals surface area contributed by atoms with Gasteiger partial charge >= 0.3 is 0 Å². The molecule has 1 N–H and O–H groups in total. The van der Waals surface area contributed by atoms with Crippen LogP contribution in [0, 0.1) is 0 Å². The Hall–Kier alpha value is -2.18. The van der Waals surface area contributed by atoms with Crippen LogP contribution < -0.4 is 5.56 Å². The lowest BCUT2D eigenvalue weighted by Gasteiger charge is -2.44. The Bertz CT molecular complexity index is 558. The number of hydrogen-bond donors (Lipinski definition) is 1. The number of aromatic nitrogens is 2. The lowest BCUT2D eigenvalue weighted by atomic mass is 9.97. The van der Waals surface area contributed by atoms with Gasteiger partial charge in [0.2, 0.25) is 5.91 Å². The smallest absolute Gasteiger partial charge is 0.275 e. The van der Waals surface area contributed by atoms with Gasteiger partial charge in [-0.2, -0.15) is 5.10 Å². The molecule has 0 aliphatic carbocycles. The molecule has 0 bridgehead atoms. The van der Waals surface area contributed by atoms with Crippen LogP contribution in [-0.2, 0) is 4.79 Å². The quantitative estimate of drug-likeness (QED) is 0.738. The fraction of sp³-hybridized carbons (Fsp3) is 0.500. The second-order valence-electron chi connectivity index (χ2n) is 5.05. The van der Waals surface area contributed by atoms with Gasteiger partial charge in [-0.25, -0.2) is 5.10 Å². The van der Waals surface area contributed by atoms with Crippen LogP contribution in [0.4, 0.5) is 0 Å². The van der Waals surface area contributed by atoms with Gasteiger partial charge in [-0.05, 0) is 19.9 Å². The molecular formula is C12H16N4O3. The highest BCUT2D eigenvalue weighted by atomic mass is 16.2. The number of amides is 2. The zero-order chi connectivity index (χ0) is 14.2. The van der Waals surface area contributed by atoms with E-state index in [1.807, 2.05) is 0 Å². The molecule has 2 heterocycles. The van der Waals surface area contributed by atoms with E-state index < -0.39 is 5.54 Å². The fourth-order valence-electron chi connectivity index (χ4n) is 2.17. The van der Waals surface area contributed by atoms with Gasteiger partial charge in [0.05, 0.1) is 0 Å². The molecule has 1 saturated heterocycles. The predicted octanol–water partition coefficient (Wildman–Crippen LogP) is -0.537. The third kappa shape index (κ3) is 2.23. The highest BCUT2D eigenvalue weighted by molar-refractivity contribution is 5.98. The van der Waals surface area contributed by atoms with Crippen LogP contribution in [0.5, 0.6) is 0 Å². The third-order valence-electron chi connectivity index (χ3n) is 3.35. The lowest BCUT2D eigenvalue weighted by Crippen LogP contribution is -2.63. The Kier molecular flexibility index (Phi) is 3.13. The predicted molar refractivity (Wildman–Crippen MR) is 67.6 cm³/mol. The van der Waals surface area contributed by atoms with E-state index in [1.54, 1.807) is 25.8 Å². The molecule has 102 valence electrons. The van der Waals surface area contributed by atoms with Crippen molar-refractivity contribution in [3.63, 3.8) is 0 Å². The third-order valence-corrected chi connectivity index (χ3v) is 3.35. The summed E-state index contributed by atoms with van der Waals surface area (Å²) < 4.78 is 0. The molecule has 0 aromatic carbocycles. The number of likely N-dealkylation sites (N-methyl/N-ethyl adjacent to an activating group) is 1. The highest BCUT2D eigenvalue weighted by Gasteiger charge is 2.43. The molecule has 0 saturated carbocycles. The number of rotatable bonds is 1. The first-order chi connectivity index (χ1) is 8.84. The van der Waals surface area contributed by atoms with Crippen LogP contribution in [0.25, 0.3) is 0 Å². The molecule has 2 amide bonds. The van der Waals surface area contributed by atoms with Gasteiger partial charge in [-0.15, -0.1) is 0 Å². The minimum absolute atomic E-state index is 0.114. The Labute approximate surface area is 110 Å². The van der Waals surface area contributed by atoms with E-state index in [1.165, 1.54) is 17.0 Å². The van der Waals surface area contributed by atoms with Crippen LogP contribution in [0.15, 0.2) is 16.9 Å². The van der Waals surface area contributed by atoms with Gasteiger partial charge in [-0.1, -0.05) is 0 Å². The molecule has 19 heavy (non-hydrogen) atoms. The average Bonchev–Trinajstić information content (AvgIpc) is 2.36. The molecule has 2 rings (SSSR count). The van der Waals surface area contributed by atoms with E-state index in [0.717, 1.165) is 0 Å². The normalized spacial score (nSPS) is 18.6. The summed E-state index contributed by atoms with van der Waals surface area (Å²) in [5.74, 6) is -0.473. The minimum atomic E-state index is -0.915. The summed E-state index contributed by atoms with van der Waals surface area (Å²) in [6, 6.07) is 2.60. The molecule has 0 spiro atoms. The molecular weight excluding hydrogens is 248 g/mol. The Morgan fingerprint density at radius 2 is 2.00 bits per heavy atom. The maximum atomic E-state index is 12.3. The van der Waals surface area contributed by atoms with E-state index in [2.05, 4.69) is 10.2 Å². The number of nitrogens with one attached hydrogen (secondary N) is 1. The van der Waals surface area contributed by atoms with Crippen LogP contribution >= 0.6 is 0 Å². The van der Waals surface area contributed by atoms with Crippen molar-refractivity contribution >= 4 is 11.8 Å². The number of carbonyl (C=O) groups is 2. The molecule has 0 radical (unpaired) electrons. The average molecular weight is 264 g/mol. The number of hydrogen-bond acceptors (Lipinski definition) is 4. The van der Waals surface area contributed by atoms with E-state index in [-0.39, 0.29) is 23.1 Å². The van der Waals surface area contributed by atoms with Crippen molar-refractivity contribution in [1.29, 1.82) is 0 Å². The summed E-state index contributed by atoms with van der Waals surface area (Å²) in [4.78, 5) is 38.5. The standard InChI is InChI=1S/C12H16N4O3/c1-12(2)11(19)15(3)6-7-16(12)10(18)8-4-5-9(17)14-13-8/h4-5H,6-7H2,1-3H3,(H,14,17). The van der Waals surface area contributed by atoms with Gasteiger partial charge in [0, 0.05) is 26.2 Å². The zero-order valence-electron chi connectivity index (χ0n) is 11.1. The van der Waals surface area contributed by atoms with Gasteiger partial charge in [0.1, 0.15) is 11.2 Å². The summed E-state index contributed by atoms with van der Waals surface area (Å²) in [6.45, 7) is 4.33. The van der Waals surface area contributed by atoms with Crippen LogP contribution in [0.3, 0.4) is 0 Å². The van der Waals surface area contributed by atoms with Crippen molar-refractivity contribution in [2.45, 2.75) is 19.4 Å². The Morgan fingerprint density at radius 1 is 1.32 bits per heavy atom.